The van der Waals surface area contributed by atoms with Crippen molar-refractivity contribution in [2.24, 2.45) is 5.92 Å². The van der Waals surface area contributed by atoms with Gasteiger partial charge in [0.2, 0.25) is 0 Å². The van der Waals surface area contributed by atoms with Crippen LogP contribution in [0.25, 0.3) is 11.0 Å². The number of hydrogen-bond donors (Lipinski definition) is 1. The molecule has 1 aromatic heterocycles. The molecule has 1 saturated carbocycles. The zero-order valence-electron chi connectivity index (χ0n) is 24.5. The van der Waals surface area contributed by atoms with Gasteiger partial charge in [0, 0.05) is 13.0 Å². The van der Waals surface area contributed by atoms with Crippen molar-refractivity contribution in [3.8, 4) is 0 Å². The molecule has 0 saturated heterocycles. The number of benzene rings is 2. The quantitative estimate of drug-likeness (QED) is 0.265. The van der Waals surface area contributed by atoms with Gasteiger partial charge >= 0.3 is 11.9 Å². The number of ether oxygens (including phenoxy) is 2. The Kier molecular flexibility index (Phi) is 10.4. The molecule has 1 aliphatic carbocycles. The first kappa shape index (κ1) is 29.8. The topological polar surface area (TPSA) is 82.5 Å². The van der Waals surface area contributed by atoms with Gasteiger partial charge in [0.15, 0.2) is 0 Å². The highest BCUT2D eigenvalue weighted by Crippen LogP contribution is 2.29. The second kappa shape index (κ2) is 13.9. The maximum absolute atomic E-state index is 13.6. The molecule has 0 bridgehead atoms. The van der Waals surface area contributed by atoms with Crippen LogP contribution in [0.5, 0.6) is 0 Å². The van der Waals surface area contributed by atoms with Crippen molar-refractivity contribution in [3.63, 3.8) is 0 Å². The smallest absolute Gasteiger partial charge is 0.323 e. The van der Waals surface area contributed by atoms with E-state index in [1.165, 1.54) is 6.42 Å². The molecule has 1 unspecified atom stereocenters. The number of esters is 2. The van der Waals surface area contributed by atoms with Crippen LogP contribution in [-0.2, 0) is 38.6 Å². The summed E-state index contributed by atoms with van der Waals surface area (Å²) >= 11 is 0. The third kappa shape index (κ3) is 8.17. The molecule has 1 heterocycles. The Morgan fingerprint density at radius 2 is 1.70 bits per heavy atom. The van der Waals surface area contributed by atoms with Crippen LogP contribution >= 0.6 is 0 Å². The van der Waals surface area contributed by atoms with E-state index in [0.717, 1.165) is 61.1 Å². The molecule has 2 atom stereocenters. The average Bonchev–Trinajstić information content (AvgIpc) is 3.29. The summed E-state index contributed by atoms with van der Waals surface area (Å²) in [6, 6.07) is 16.6. The Bertz CT molecular complexity index is 1240. The average molecular weight is 548 g/mol. The number of fused-ring (bicyclic) bond motifs is 1. The Balaban J connectivity index is 1.57. The second-order valence-corrected chi connectivity index (χ2v) is 11.9. The SMILES string of the molecule is CCCn1c(CCC(N[C@H](C(=O)OC(C)(C)C)C2CCCCC2)C(=O)OCc2ccccc2)nc2ccccc21. The molecule has 1 aliphatic rings. The van der Waals surface area contributed by atoms with E-state index in [1.807, 2.05) is 69.3 Å². The predicted octanol–water partition coefficient (Wildman–Crippen LogP) is 6.37. The van der Waals surface area contributed by atoms with E-state index >= 15 is 0 Å². The van der Waals surface area contributed by atoms with Crippen LogP contribution in [-0.4, -0.2) is 39.2 Å². The van der Waals surface area contributed by atoms with Crippen LogP contribution < -0.4 is 5.32 Å². The Labute approximate surface area is 238 Å². The van der Waals surface area contributed by atoms with Crippen molar-refractivity contribution in [2.75, 3.05) is 0 Å². The second-order valence-electron chi connectivity index (χ2n) is 11.9. The van der Waals surface area contributed by atoms with E-state index in [-0.39, 0.29) is 24.5 Å². The highest BCUT2D eigenvalue weighted by atomic mass is 16.6. The molecule has 40 heavy (non-hydrogen) atoms. The molecule has 1 fully saturated rings. The molecule has 0 amide bonds. The fourth-order valence-electron chi connectivity index (χ4n) is 5.61. The van der Waals surface area contributed by atoms with E-state index in [9.17, 15) is 9.59 Å². The highest BCUT2D eigenvalue weighted by molar-refractivity contribution is 5.80. The van der Waals surface area contributed by atoms with Gasteiger partial charge < -0.3 is 14.0 Å². The fraction of sp³-hybridized carbons (Fsp3) is 0.545. The lowest BCUT2D eigenvalue weighted by molar-refractivity contribution is -0.160. The van der Waals surface area contributed by atoms with E-state index in [0.29, 0.717) is 12.8 Å². The largest absolute Gasteiger partial charge is 0.460 e. The van der Waals surface area contributed by atoms with Crippen LogP contribution in [0.1, 0.15) is 84.0 Å². The molecular weight excluding hydrogens is 502 g/mol. The molecule has 216 valence electrons. The summed E-state index contributed by atoms with van der Waals surface area (Å²) in [5.41, 5.74) is 2.37. The molecule has 0 aliphatic heterocycles. The first-order valence-corrected chi connectivity index (χ1v) is 14.9. The lowest BCUT2D eigenvalue weighted by Gasteiger charge is -2.34. The molecule has 2 aromatic carbocycles. The standard InChI is InChI=1S/C33H45N3O4/c1-5-22-36-28-19-13-12-18-26(28)34-29(36)21-20-27(31(37)39-23-24-14-8-6-9-15-24)35-30(25-16-10-7-11-17-25)32(38)40-33(2,3)4/h6,8-9,12-15,18-19,25,27,30,35H,5,7,10-11,16-17,20-23H2,1-4H3/t27?,30-/m0/s1. The van der Waals surface area contributed by atoms with Gasteiger partial charge in [-0.25, -0.2) is 4.98 Å². The van der Waals surface area contributed by atoms with Gasteiger partial charge in [0.1, 0.15) is 30.1 Å². The van der Waals surface area contributed by atoms with E-state index in [1.54, 1.807) is 0 Å². The summed E-state index contributed by atoms with van der Waals surface area (Å²) in [6.45, 7) is 8.84. The Morgan fingerprint density at radius 3 is 2.40 bits per heavy atom. The molecule has 0 spiro atoms. The summed E-state index contributed by atoms with van der Waals surface area (Å²) in [5.74, 6) is 0.416. The number of hydrogen-bond acceptors (Lipinski definition) is 6. The van der Waals surface area contributed by atoms with Crippen molar-refractivity contribution < 1.29 is 19.1 Å². The minimum Gasteiger partial charge on any atom is -0.460 e. The van der Waals surface area contributed by atoms with Gasteiger partial charge in [0.05, 0.1) is 11.0 Å². The van der Waals surface area contributed by atoms with Gasteiger partial charge in [-0.2, -0.15) is 0 Å². The van der Waals surface area contributed by atoms with Crippen LogP contribution in [0.15, 0.2) is 54.6 Å². The molecule has 7 heteroatoms. The lowest BCUT2D eigenvalue weighted by Crippen LogP contribution is -2.53. The zero-order chi connectivity index (χ0) is 28.5. The van der Waals surface area contributed by atoms with Crippen molar-refractivity contribution in [1.82, 2.24) is 14.9 Å². The zero-order valence-corrected chi connectivity index (χ0v) is 24.5. The van der Waals surface area contributed by atoms with Gasteiger partial charge in [0.25, 0.3) is 0 Å². The molecule has 7 nitrogen and oxygen atoms in total. The van der Waals surface area contributed by atoms with Gasteiger partial charge in [-0.1, -0.05) is 68.7 Å². The normalized spacial score (nSPS) is 16.0. The van der Waals surface area contributed by atoms with Crippen molar-refractivity contribution in [2.45, 2.75) is 110 Å². The number of carbonyl (C=O) groups excluding carboxylic acids is 2. The minimum atomic E-state index is -0.668. The third-order valence-electron chi connectivity index (χ3n) is 7.51. The summed E-state index contributed by atoms with van der Waals surface area (Å²) in [5, 5.41) is 3.45. The van der Waals surface area contributed by atoms with Gasteiger partial charge in [-0.05, 0) is 70.1 Å². The van der Waals surface area contributed by atoms with E-state index in [4.69, 9.17) is 14.5 Å². The first-order chi connectivity index (χ1) is 19.2. The Hall–Kier alpha value is -3.19. The van der Waals surface area contributed by atoms with Crippen LogP contribution in [0.2, 0.25) is 0 Å². The van der Waals surface area contributed by atoms with Crippen molar-refractivity contribution >= 4 is 23.0 Å². The number of carbonyl (C=O) groups is 2. The lowest BCUT2D eigenvalue weighted by atomic mass is 9.83. The van der Waals surface area contributed by atoms with Crippen molar-refractivity contribution in [3.05, 3.63) is 66.0 Å². The van der Waals surface area contributed by atoms with Crippen molar-refractivity contribution in [1.29, 1.82) is 0 Å². The molecule has 4 rings (SSSR count). The number of imidazole rings is 1. The van der Waals surface area contributed by atoms with Gasteiger partial charge in [-0.15, -0.1) is 0 Å². The van der Waals surface area contributed by atoms with E-state index in [2.05, 4.69) is 22.9 Å². The maximum atomic E-state index is 13.6. The van der Waals surface area contributed by atoms with Gasteiger partial charge in [-0.3, -0.25) is 14.9 Å². The summed E-state index contributed by atoms with van der Waals surface area (Å²) < 4.78 is 13.9. The monoisotopic (exact) mass is 547 g/mol. The number of rotatable bonds is 12. The number of nitrogens with zero attached hydrogens (tertiary/aromatic N) is 2. The maximum Gasteiger partial charge on any atom is 0.323 e. The highest BCUT2D eigenvalue weighted by Gasteiger charge is 2.36. The number of nitrogens with one attached hydrogen (secondary N) is 1. The predicted molar refractivity (Wildman–Crippen MR) is 158 cm³/mol. The van der Waals surface area contributed by atoms with Crippen LogP contribution in [0.4, 0.5) is 0 Å². The number of para-hydroxylation sites is 2. The minimum absolute atomic E-state index is 0.123. The first-order valence-electron chi connectivity index (χ1n) is 14.9. The third-order valence-corrected chi connectivity index (χ3v) is 7.51. The summed E-state index contributed by atoms with van der Waals surface area (Å²) in [4.78, 5) is 32.0. The van der Waals surface area contributed by atoms with Crippen LogP contribution in [0.3, 0.4) is 0 Å². The van der Waals surface area contributed by atoms with Crippen LogP contribution in [0, 0.1) is 5.92 Å². The molecular formula is C33H45N3O4. The summed E-state index contributed by atoms with van der Waals surface area (Å²) in [7, 11) is 0. The van der Waals surface area contributed by atoms with E-state index < -0.39 is 17.7 Å². The summed E-state index contributed by atoms with van der Waals surface area (Å²) in [6.07, 6.45) is 7.24. The Morgan fingerprint density at radius 1 is 1.00 bits per heavy atom. The number of aryl methyl sites for hydroxylation is 2. The molecule has 0 radical (unpaired) electrons. The number of aromatic nitrogens is 2. The molecule has 1 N–H and O–H groups in total. The fourth-order valence-corrected chi connectivity index (χ4v) is 5.61. The molecule has 3 aromatic rings.